The van der Waals surface area contributed by atoms with Crippen LogP contribution in [0, 0.1) is 11.7 Å². The molecular weight excluding hydrogens is 373 g/mol. The molecule has 7 nitrogen and oxygen atoms in total. The molecule has 1 aliphatic carbocycles. The molecule has 1 aliphatic rings. The number of fused-ring (bicyclic) bond motifs is 1. The number of aromatic nitrogens is 4. The molecule has 152 valence electrons. The van der Waals surface area contributed by atoms with Gasteiger partial charge < -0.3 is 10.1 Å². The molecule has 0 aliphatic heterocycles. The van der Waals surface area contributed by atoms with Crippen LogP contribution in [0.1, 0.15) is 38.5 Å². The van der Waals surface area contributed by atoms with E-state index in [0.717, 1.165) is 12.8 Å². The Morgan fingerprint density at radius 3 is 2.69 bits per heavy atom. The summed E-state index contributed by atoms with van der Waals surface area (Å²) in [4.78, 5) is 12.1. The van der Waals surface area contributed by atoms with Gasteiger partial charge in [0.25, 0.3) is 0 Å². The molecule has 2 heterocycles. The first kappa shape index (κ1) is 19.3. The molecule has 1 aromatic carbocycles. The Morgan fingerprint density at radius 2 is 1.90 bits per heavy atom. The predicted molar refractivity (Wildman–Crippen MR) is 106 cm³/mol. The minimum Gasteiger partial charge on any atom is -0.475 e. The molecule has 1 N–H and O–H groups in total. The molecule has 3 aromatic rings. The molecule has 0 unspecified atom stereocenters. The zero-order valence-corrected chi connectivity index (χ0v) is 16.2. The number of carbonyl (C=O) groups excluding carboxylic acids is 1. The molecular formula is C21H24FN5O2. The van der Waals surface area contributed by atoms with Gasteiger partial charge in [0.2, 0.25) is 11.8 Å². The van der Waals surface area contributed by atoms with Crippen LogP contribution in [0.2, 0.25) is 0 Å². The smallest absolute Gasteiger partial charge is 0.231 e. The SMILES string of the molecule is O=C(CC1CCCCC1)NCCOc1ccc2nnc(-c3ccc(F)cc3)n2n1. The Balaban J connectivity index is 1.32. The average Bonchev–Trinajstić information content (AvgIpc) is 3.16. The van der Waals surface area contributed by atoms with Crippen molar-refractivity contribution in [2.45, 2.75) is 38.5 Å². The molecule has 4 rings (SSSR count). The number of hydrogen-bond acceptors (Lipinski definition) is 5. The fraction of sp³-hybridized carbons (Fsp3) is 0.429. The summed E-state index contributed by atoms with van der Waals surface area (Å²) in [5.74, 6) is 1.20. The van der Waals surface area contributed by atoms with Gasteiger partial charge in [0.05, 0.1) is 6.54 Å². The van der Waals surface area contributed by atoms with Crippen LogP contribution < -0.4 is 10.1 Å². The van der Waals surface area contributed by atoms with Crippen LogP contribution in [-0.2, 0) is 4.79 Å². The Hall–Kier alpha value is -3.03. The van der Waals surface area contributed by atoms with Crippen LogP contribution in [0.15, 0.2) is 36.4 Å². The highest BCUT2D eigenvalue weighted by Crippen LogP contribution is 2.26. The topological polar surface area (TPSA) is 81.4 Å². The number of hydrogen-bond donors (Lipinski definition) is 1. The average molecular weight is 397 g/mol. The molecule has 0 atom stereocenters. The Morgan fingerprint density at radius 1 is 1.10 bits per heavy atom. The van der Waals surface area contributed by atoms with E-state index >= 15 is 0 Å². The fourth-order valence-electron chi connectivity index (χ4n) is 3.70. The normalized spacial score (nSPS) is 14.8. The van der Waals surface area contributed by atoms with E-state index in [1.165, 1.54) is 31.4 Å². The second-order valence-corrected chi connectivity index (χ2v) is 7.38. The molecule has 1 fully saturated rings. The fourth-order valence-corrected chi connectivity index (χ4v) is 3.70. The van der Waals surface area contributed by atoms with E-state index in [-0.39, 0.29) is 11.7 Å². The first-order chi connectivity index (χ1) is 14.2. The summed E-state index contributed by atoms with van der Waals surface area (Å²) in [6, 6.07) is 9.46. The number of carbonyl (C=O) groups is 1. The molecule has 0 spiro atoms. The van der Waals surface area contributed by atoms with Crippen LogP contribution in [0.4, 0.5) is 4.39 Å². The van der Waals surface area contributed by atoms with E-state index < -0.39 is 0 Å². The number of benzene rings is 1. The number of halogens is 1. The van der Waals surface area contributed by atoms with Gasteiger partial charge in [-0.05, 0) is 49.1 Å². The third-order valence-electron chi connectivity index (χ3n) is 5.21. The number of nitrogens with zero attached hydrogens (tertiary/aromatic N) is 4. The molecule has 0 bridgehead atoms. The van der Waals surface area contributed by atoms with Gasteiger partial charge in [-0.25, -0.2) is 4.39 Å². The van der Waals surface area contributed by atoms with Crippen LogP contribution in [0.25, 0.3) is 17.0 Å². The number of rotatable bonds is 7. The van der Waals surface area contributed by atoms with Gasteiger partial charge in [-0.3, -0.25) is 4.79 Å². The number of nitrogens with one attached hydrogen (secondary N) is 1. The van der Waals surface area contributed by atoms with Crippen molar-refractivity contribution in [3.8, 4) is 17.3 Å². The third-order valence-corrected chi connectivity index (χ3v) is 5.21. The number of amides is 1. The summed E-state index contributed by atoms with van der Waals surface area (Å²) < 4.78 is 20.4. The quantitative estimate of drug-likeness (QED) is 0.618. The minimum absolute atomic E-state index is 0.0846. The Bertz CT molecular complexity index is 967. The van der Waals surface area contributed by atoms with E-state index in [2.05, 4.69) is 20.6 Å². The van der Waals surface area contributed by atoms with E-state index in [1.807, 2.05) is 0 Å². The Labute approximate surface area is 168 Å². The van der Waals surface area contributed by atoms with Gasteiger partial charge in [-0.1, -0.05) is 19.3 Å². The van der Waals surface area contributed by atoms with Crippen molar-refractivity contribution in [1.29, 1.82) is 0 Å². The van der Waals surface area contributed by atoms with Crippen LogP contribution in [0.5, 0.6) is 5.88 Å². The lowest BCUT2D eigenvalue weighted by Gasteiger charge is -2.20. The second-order valence-electron chi connectivity index (χ2n) is 7.38. The molecule has 0 radical (unpaired) electrons. The third kappa shape index (κ3) is 4.88. The zero-order chi connectivity index (χ0) is 20.1. The summed E-state index contributed by atoms with van der Waals surface area (Å²) in [5.41, 5.74) is 1.27. The zero-order valence-electron chi connectivity index (χ0n) is 16.2. The molecule has 0 saturated heterocycles. The lowest BCUT2D eigenvalue weighted by atomic mass is 9.87. The summed E-state index contributed by atoms with van der Waals surface area (Å²) in [6.07, 6.45) is 6.67. The van der Waals surface area contributed by atoms with Crippen molar-refractivity contribution in [2.24, 2.45) is 5.92 Å². The van der Waals surface area contributed by atoms with Gasteiger partial charge >= 0.3 is 0 Å². The maximum atomic E-state index is 13.2. The van der Waals surface area contributed by atoms with Crippen molar-refractivity contribution in [1.82, 2.24) is 25.1 Å². The maximum absolute atomic E-state index is 13.2. The van der Waals surface area contributed by atoms with Crippen molar-refractivity contribution < 1.29 is 13.9 Å². The molecule has 2 aromatic heterocycles. The van der Waals surface area contributed by atoms with Crippen molar-refractivity contribution in [2.75, 3.05) is 13.2 Å². The van der Waals surface area contributed by atoms with Crippen molar-refractivity contribution in [3.63, 3.8) is 0 Å². The van der Waals surface area contributed by atoms with Gasteiger partial charge in [-0.15, -0.1) is 15.3 Å². The minimum atomic E-state index is -0.315. The van der Waals surface area contributed by atoms with Gasteiger partial charge in [0.1, 0.15) is 12.4 Å². The summed E-state index contributed by atoms with van der Waals surface area (Å²) >= 11 is 0. The van der Waals surface area contributed by atoms with Crippen molar-refractivity contribution in [3.05, 3.63) is 42.2 Å². The number of ether oxygens (including phenoxy) is 1. The molecule has 29 heavy (non-hydrogen) atoms. The van der Waals surface area contributed by atoms with Crippen LogP contribution >= 0.6 is 0 Å². The van der Waals surface area contributed by atoms with Crippen molar-refractivity contribution >= 4 is 11.6 Å². The molecule has 1 saturated carbocycles. The maximum Gasteiger partial charge on any atom is 0.231 e. The highest BCUT2D eigenvalue weighted by molar-refractivity contribution is 5.76. The first-order valence-corrected chi connectivity index (χ1v) is 10.1. The highest BCUT2D eigenvalue weighted by atomic mass is 19.1. The first-order valence-electron chi connectivity index (χ1n) is 10.1. The van der Waals surface area contributed by atoms with E-state index in [0.29, 0.717) is 48.4 Å². The largest absolute Gasteiger partial charge is 0.475 e. The summed E-state index contributed by atoms with van der Waals surface area (Å²) in [6.45, 7) is 0.751. The van der Waals surface area contributed by atoms with Crippen LogP contribution in [0.3, 0.4) is 0 Å². The van der Waals surface area contributed by atoms with Gasteiger partial charge in [0.15, 0.2) is 11.5 Å². The molecule has 1 amide bonds. The molecule has 8 heteroatoms. The standard InChI is InChI=1S/C21H24FN5O2/c22-17-8-6-16(7-9-17)21-25-24-18-10-11-20(26-27(18)21)29-13-12-23-19(28)14-15-4-2-1-3-5-15/h6-11,15H,1-5,12-14H2,(H,23,28). The van der Waals surface area contributed by atoms with Gasteiger partial charge in [-0.2, -0.15) is 4.52 Å². The Kier molecular flexibility index (Phi) is 5.97. The van der Waals surface area contributed by atoms with E-state index in [1.54, 1.807) is 28.8 Å². The van der Waals surface area contributed by atoms with Gasteiger partial charge in [0, 0.05) is 18.1 Å². The second kappa shape index (κ2) is 8.98. The van der Waals surface area contributed by atoms with Crippen LogP contribution in [-0.4, -0.2) is 38.9 Å². The van der Waals surface area contributed by atoms with E-state index in [9.17, 15) is 9.18 Å². The summed E-state index contributed by atoms with van der Waals surface area (Å²) in [7, 11) is 0. The monoisotopic (exact) mass is 397 g/mol. The lowest BCUT2D eigenvalue weighted by Crippen LogP contribution is -2.30. The lowest BCUT2D eigenvalue weighted by molar-refractivity contribution is -0.122. The van der Waals surface area contributed by atoms with E-state index in [4.69, 9.17) is 4.74 Å². The predicted octanol–water partition coefficient (Wildman–Crippen LogP) is 3.40. The summed E-state index contributed by atoms with van der Waals surface area (Å²) in [5, 5.41) is 15.5. The highest BCUT2D eigenvalue weighted by Gasteiger charge is 2.16.